The van der Waals surface area contributed by atoms with Crippen molar-refractivity contribution in [2.75, 3.05) is 31.6 Å². The first-order valence-electron chi connectivity index (χ1n) is 8.76. The maximum absolute atomic E-state index is 12.1. The normalized spacial score (nSPS) is 17.4. The first-order valence-corrected chi connectivity index (χ1v) is 9.57. The van der Waals surface area contributed by atoms with E-state index in [1.807, 2.05) is 13.8 Å². The van der Waals surface area contributed by atoms with Crippen LogP contribution in [-0.4, -0.2) is 48.6 Å². The van der Waals surface area contributed by atoms with Gasteiger partial charge in [0.1, 0.15) is 21.3 Å². The zero-order chi connectivity index (χ0) is 18.8. The van der Waals surface area contributed by atoms with E-state index in [2.05, 4.69) is 15.2 Å². The Hall–Kier alpha value is -2.22. The van der Waals surface area contributed by atoms with Crippen LogP contribution in [0.4, 0.5) is 5.82 Å². The number of esters is 1. The van der Waals surface area contributed by atoms with Crippen molar-refractivity contribution < 1.29 is 14.3 Å². The van der Waals surface area contributed by atoms with Crippen LogP contribution in [-0.2, 0) is 9.53 Å². The fourth-order valence-electron chi connectivity index (χ4n) is 3.45. The molecule has 1 amide bonds. The summed E-state index contributed by atoms with van der Waals surface area (Å²) in [6.07, 6.45) is 2.13. The quantitative estimate of drug-likeness (QED) is 0.825. The number of aryl methyl sites for hydroxylation is 2. The van der Waals surface area contributed by atoms with Crippen LogP contribution in [0.5, 0.6) is 0 Å². The van der Waals surface area contributed by atoms with E-state index in [0.29, 0.717) is 23.2 Å². The lowest BCUT2D eigenvalue weighted by Gasteiger charge is -2.34. The van der Waals surface area contributed by atoms with Gasteiger partial charge in [-0.05, 0) is 38.2 Å². The number of anilines is 1. The second-order valence-electron chi connectivity index (χ2n) is 6.71. The third kappa shape index (κ3) is 3.65. The number of fused-ring (bicyclic) bond motifs is 1. The second-order valence-corrected chi connectivity index (χ2v) is 7.71. The molecule has 7 nitrogen and oxygen atoms in total. The summed E-state index contributed by atoms with van der Waals surface area (Å²) in [7, 11) is 1.39. The molecule has 0 radical (unpaired) electrons. The molecular weight excluding hydrogens is 352 g/mol. The van der Waals surface area contributed by atoms with Crippen LogP contribution >= 0.6 is 11.3 Å². The van der Waals surface area contributed by atoms with Crippen molar-refractivity contribution in [1.29, 1.82) is 0 Å². The highest BCUT2D eigenvalue weighted by Gasteiger charge is 2.26. The van der Waals surface area contributed by atoms with Crippen LogP contribution in [0.1, 0.15) is 40.8 Å². The smallest absolute Gasteiger partial charge is 0.348 e. The van der Waals surface area contributed by atoms with Gasteiger partial charge in [-0.15, -0.1) is 11.3 Å². The number of thiophene rings is 1. The first-order chi connectivity index (χ1) is 12.4. The average molecular weight is 376 g/mol. The number of nitrogens with zero attached hydrogens (tertiary/aromatic N) is 3. The van der Waals surface area contributed by atoms with Crippen molar-refractivity contribution >= 4 is 39.2 Å². The molecule has 2 aromatic rings. The van der Waals surface area contributed by atoms with Crippen LogP contribution in [0.2, 0.25) is 0 Å². The molecule has 1 fully saturated rings. The van der Waals surface area contributed by atoms with Crippen LogP contribution in [0, 0.1) is 19.8 Å². The Bertz CT molecular complexity index is 849. The Labute approximate surface area is 156 Å². The van der Waals surface area contributed by atoms with Gasteiger partial charge in [-0.1, -0.05) is 0 Å². The highest BCUT2D eigenvalue weighted by Crippen LogP contribution is 2.37. The zero-order valence-electron chi connectivity index (χ0n) is 15.6. The molecule has 0 saturated carbocycles. The van der Waals surface area contributed by atoms with E-state index in [-0.39, 0.29) is 11.9 Å². The molecule has 1 N–H and O–H groups in total. The topological polar surface area (TPSA) is 84.4 Å². The van der Waals surface area contributed by atoms with E-state index < -0.39 is 0 Å². The summed E-state index contributed by atoms with van der Waals surface area (Å²) in [6, 6.07) is 0. The van der Waals surface area contributed by atoms with Gasteiger partial charge in [0, 0.05) is 26.6 Å². The fraction of sp³-hybridized carbons (Fsp3) is 0.556. The molecule has 2 aromatic heterocycles. The molecule has 1 atom stereocenters. The molecule has 0 bridgehead atoms. The Morgan fingerprint density at radius 2 is 2.12 bits per heavy atom. The van der Waals surface area contributed by atoms with E-state index in [4.69, 9.17) is 9.72 Å². The van der Waals surface area contributed by atoms with Gasteiger partial charge in [-0.2, -0.15) is 0 Å². The first kappa shape index (κ1) is 18.6. The van der Waals surface area contributed by atoms with Crippen LogP contribution in [0.15, 0.2) is 0 Å². The van der Waals surface area contributed by atoms with Gasteiger partial charge in [0.15, 0.2) is 0 Å². The third-order valence-electron chi connectivity index (χ3n) is 4.71. The van der Waals surface area contributed by atoms with E-state index in [1.165, 1.54) is 18.4 Å². The number of piperidine rings is 1. The highest BCUT2D eigenvalue weighted by atomic mass is 32.1. The fourth-order valence-corrected chi connectivity index (χ4v) is 4.59. The number of methoxy groups -OCH3 is 1. The number of carbonyl (C=O) groups excluding carboxylic acids is 2. The van der Waals surface area contributed by atoms with Crippen molar-refractivity contribution in [3.8, 4) is 0 Å². The average Bonchev–Trinajstić information content (AvgIpc) is 2.95. The van der Waals surface area contributed by atoms with Crippen LogP contribution in [0.25, 0.3) is 10.2 Å². The maximum Gasteiger partial charge on any atom is 0.348 e. The molecule has 0 aromatic carbocycles. The summed E-state index contributed by atoms with van der Waals surface area (Å²) in [5, 5.41) is 3.85. The van der Waals surface area contributed by atoms with Crippen molar-refractivity contribution in [2.24, 2.45) is 5.92 Å². The van der Waals surface area contributed by atoms with Gasteiger partial charge in [-0.3, -0.25) is 4.79 Å². The highest BCUT2D eigenvalue weighted by molar-refractivity contribution is 7.20. The van der Waals surface area contributed by atoms with Gasteiger partial charge in [0.05, 0.1) is 12.5 Å². The van der Waals surface area contributed by atoms with E-state index in [0.717, 1.165) is 47.5 Å². The monoisotopic (exact) mass is 376 g/mol. The molecule has 1 unspecified atom stereocenters. The third-order valence-corrected chi connectivity index (χ3v) is 5.88. The minimum absolute atomic E-state index is 0.00112. The van der Waals surface area contributed by atoms with Crippen molar-refractivity contribution in [3.63, 3.8) is 0 Å². The lowest BCUT2D eigenvalue weighted by molar-refractivity contribution is -0.119. The molecule has 3 rings (SSSR count). The van der Waals surface area contributed by atoms with Gasteiger partial charge >= 0.3 is 5.97 Å². The van der Waals surface area contributed by atoms with Crippen LogP contribution in [0.3, 0.4) is 0 Å². The number of amides is 1. The molecule has 1 saturated heterocycles. The number of hydrogen-bond acceptors (Lipinski definition) is 7. The number of rotatable bonds is 4. The molecular formula is C18H24N4O3S. The summed E-state index contributed by atoms with van der Waals surface area (Å²) in [5.74, 6) is 1.62. The Morgan fingerprint density at radius 1 is 1.35 bits per heavy atom. The summed E-state index contributed by atoms with van der Waals surface area (Å²) < 4.78 is 4.90. The summed E-state index contributed by atoms with van der Waals surface area (Å²) >= 11 is 1.35. The number of hydrogen-bond donors (Lipinski definition) is 1. The summed E-state index contributed by atoms with van der Waals surface area (Å²) in [4.78, 5) is 36.1. The lowest BCUT2D eigenvalue weighted by atomic mass is 9.97. The molecule has 3 heterocycles. The van der Waals surface area contributed by atoms with Crippen molar-refractivity contribution in [3.05, 3.63) is 16.3 Å². The molecule has 1 aliphatic heterocycles. The van der Waals surface area contributed by atoms with E-state index >= 15 is 0 Å². The van der Waals surface area contributed by atoms with E-state index in [1.54, 1.807) is 6.92 Å². The standard InChI is InChI=1S/C18H24N4O3S/c1-10-14-16(22-7-5-6-13(9-22)8-19-12(3)23)20-11(2)21-17(14)26-15(10)18(24)25-4/h13H,5-9H2,1-4H3,(H,19,23). The summed E-state index contributed by atoms with van der Waals surface area (Å²) in [6.45, 7) is 7.75. The minimum Gasteiger partial charge on any atom is -0.465 e. The largest absolute Gasteiger partial charge is 0.465 e. The summed E-state index contributed by atoms with van der Waals surface area (Å²) in [5.41, 5.74) is 0.871. The van der Waals surface area contributed by atoms with Gasteiger partial charge in [-0.25, -0.2) is 14.8 Å². The Balaban J connectivity index is 1.97. The predicted octanol–water partition coefficient (Wildman–Crippen LogP) is 2.45. The predicted molar refractivity (Wildman–Crippen MR) is 102 cm³/mol. The maximum atomic E-state index is 12.1. The zero-order valence-corrected chi connectivity index (χ0v) is 16.4. The lowest BCUT2D eigenvalue weighted by Crippen LogP contribution is -2.41. The number of aromatic nitrogens is 2. The van der Waals surface area contributed by atoms with E-state index in [9.17, 15) is 9.59 Å². The number of ether oxygens (including phenoxy) is 1. The van der Waals surface area contributed by atoms with Crippen molar-refractivity contribution in [1.82, 2.24) is 15.3 Å². The molecule has 26 heavy (non-hydrogen) atoms. The SMILES string of the molecule is COC(=O)c1sc2nc(C)nc(N3CCCC(CNC(C)=O)C3)c2c1C. The van der Waals surface area contributed by atoms with Gasteiger partial charge in [0.25, 0.3) is 0 Å². The second kappa shape index (κ2) is 7.57. The molecule has 140 valence electrons. The molecule has 1 aliphatic rings. The van der Waals surface area contributed by atoms with Gasteiger partial charge < -0.3 is 15.0 Å². The van der Waals surface area contributed by atoms with Crippen LogP contribution < -0.4 is 10.2 Å². The molecule has 0 aliphatic carbocycles. The Morgan fingerprint density at radius 3 is 2.81 bits per heavy atom. The number of carbonyl (C=O) groups is 2. The Kier molecular flexibility index (Phi) is 5.41. The molecule has 0 spiro atoms. The van der Waals surface area contributed by atoms with Crippen molar-refractivity contribution in [2.45, 2.75) is 33.6 Å². The minimum atomic E-state index is -0.337. The number of nitrogens with one attached hydrogen (secondary N) is 1. The van der Waals surface area contributed by atoms with Gasteiger partial charge in [0.2, 0.25) is 5.91 Å². The molecule has 8 heteroatoms.